The second-order valence-electron chi connectivity index (χ2n) is 6.22. The zero-order valence-corrected chi connectivity index (χ0v) is 15.6. The summed E-state index contributed by atoms with van der Waals surface area (Å²) < 4.78 is 0.858. The minimum atomic E-state index is -0.810. The highest BCUT2D eigenvalue weighted by molar-refractivity contribution is 9.10. The van der Waals surface area contributed by atoms with Crippen molar-refractivity contribution in [3.8, 4) is 0 Å². The van der Waals surface area contributed by atoms with E-state index in [1.54, 1.807) is 24.3 Å². The molecule has 7 nitrogen and oxygen atoms in total. The fourth-order valence-electron chi connectivity index (χ4n) is 2.57. The molecule has 134 valence electrons. The number of rotatable bonds is 6. The van der Waals surface area contributed by atoms with Crippen molar-refractivity contribution in [3.05, 3.63) is 34.3 Å². The third-order valence-corrected chi connectivity index (χ3v) is 4.44. The Labute approximate surface area is 154 Å². The van der Waals surface area contributed by atoms with Crippen molar-refractivity contribution in [2.24, 2.45) is 5.92 Å². The molecule has 1 saturated heterocycles. The van der Waals surface area contributed by atoms with Crippen LogP contribution in [0.5, 0.6) is 0 Å². The molecule has 25 heavy (non-hydrogen) atoms. The Morgan fingerprint density at radius 1 is 1.36 bits per heavy atom. The first-order valence-corrected chi connectivity index (χ1v) is 8.69. The highest BCUT2D eigenvalue weighted by atomic mass is 79.9. The number of halogens is 1. The van der Waals surface area contributed by atoms with Crippen LogP contribution in [-0.4, -0.2) is 48.0 Å². The van der Waals surface area contributed by atoms with Gasteiger partial charge >= 0.3 is 0 Å². The maximum Gasteiger partial charge on any atom is 0.246 e. The minimum Gasteiger partial charge on any atom is -0.343 e. The van der Waals surface area contributed by atoms with Gasteiger partial charge in [0.25, 0.3) is 0 Å². The second-order valence-corrected chi connectivity index (χ2v) is 7.13. The molecule has 1 aromatic rings. The molecule has 1 heterocycles. The van der Waals surface area contributed by atoms with E-state index in [0.29, 0.717) is 11.8 Å². The molecule has 8 heteroatoms. The smallest absolute Gasteiger partial charge is 0.246 e. The number of amides is 3. The topological polar surface area (TPSA) is 95.6 Å². The van der Waals surface area contributed by atoms with Crippen molar-refractivity contribution in [2.75, 3.05) is 13.1 Å². The van der Waals surface area contributed by atoms with Crippen LogP contribution in [0, 0.1) is 5.92 Å². The molecular formula is C17H20BrN3O4. The van der Waals surface area contributed by atoms with Crippen LogP contribution >= 0.6 is 15.9 Å². The molecule has 0 saturated carbocycles. The van der Waals surface area contributed by atoms with Crippen LogP contribution in [0.25, 0.3) is 0 Å². The maximum atomic E-state index is 12.4. The molecule has 1 aliphatic heterocycles. The van der Waals surface area contributed by atoms with E-state index in [1.807, 2.05) is 13.8 Å². The van der Waals surface area contributed by atoms with E-state index in [0.717, 1.165) is 4.47 Å². The molecule has 0 radical (unpaired) electrons. The number of carbonyl (C=O) groups is 4. The molecule has 2 atom stereocenters. The van der Waals surface area contributed by atoms with Crippen LogP contribution in [0.1, 0.15) is 25.5 Å². The normalized spacial score (nSPS) is 18.7. The highest BCUT2D eigenvalue weighted by Gasteiger charge is 2.35. The summed E-state index contributed by atoms with van der Waals surface area (Å²) in [6, 6.07) is 5.53. The van der Waals surface area contributed by atoms with E-state index in [1.165, 1.54) is 4.90 Å². The van der Waals surface area contributed by atoms with Gasteiger partial charge in [0.15, 0.2) is 0 Å². The summed E-state index contributed by atoms with van der Waals surface area (Å²) >= 11 is 3.30. The first kappa shape index (κ1) is 19.1. The second kappa shape index (κ2) is 8.24. The lowest BCUT2D eigenvalue weighted by molar-refractivity contribution is -0.147. The molecule has 1 aromatic carbocycles. The van der Waals surface area contributed by atoms with Crippen molar-refractivity contribution in [3.63, 3.8) is 0 Å². The Kier molecular flexibility index (Phi) is 6.30. The van der Waals surface area contributed by atoms with Gasteiger partial charge in [-0.25, -0.2) is 0 Å². The van der Waals surface area contributed by atoms with E-state index in [-0.39, 0.29) is 30.8 Å². The summed E-state index contributed by atoms with van der Waals surface area (Å²) in [5, 5.41) is 5.21. The fraction of sp³-hybridized carbons (Fsp3) is 0.412. The van der Waals surface area contributed by atoms with E-state index in [2.05, 4.69) is 26.6 Å². The number of hydrogen-bond acceptors (Lipinski definition) is 4. The van der Waals surface area contributed by atoms with Gasteiger partial charge in [0.2, 0.25) is 17.7 Å². The number of carbonyl (C=O) groups excluding carboxylic acids is 4. The van der Waals surface area contributed by atoms with Gasteiger partial charge < -0.3 is 20.3 Å². The number of nitrogens with zero attached hydrogens (tertiary/aromatic N) is 1. The zero-order chi connectivity index (χ0) is 18.6. The number of piperazine rings is 1. The van der Waals surface area contributed by atoms with Gasteiger partial charge in [0, 0.05) is 4.47 Å². The largest absolute Gasteiger partial charge is 0.343 e. The summed E-state index contributed by atoms with van der Waals surface area (Å²) in [4.78, 5) is 48.9. The summed E-state index contributed by atoms with van der Waals surface area (Å²) in [5.74, 6) is -1.17. The van der Waals surface area contributed by atoms with Gasteiger partial charge in [0.05, 0.1) is 0 Å². The average molecular weight is 410 g/mol. The van der Waals surface area contributed by atoms with E-state index in [9.17, 15) is 19.2 Å². The molecule has 1 aliphatic rings. The summed E-state index contributed by atoms with van der Waals surface area (Å²) in [5.41, 5.74) is 0.634. The van der Waals surface area contributed by atoms with Crippen LogP contribution in [0.15, 0.2) is 28.7 Å². The van der Waals surface area contributed by atoms with Gasteiger partial charge in [-0.3, -0.25) is 14.4 Å². The Morgan fingerprint density at radius 3 is 2.56 bits per heavy atom. The lowest BCUT2D eigenvalue weighted by Gasteiger charge is -2.34. The number of hydrogen-bond donors (Lipinski definition) is 2. The molecule has 0 bridgehead atoms. The first-order valence-electron chi connectivity index (χ1n) is 7.90. The monoisotopic (exact) mass is 409 g/mol. The molecule has 3 amide bonds. The van der Waals surface area contributed by atoms with Crippen LogP contribution in [-0.2, 0) is 19.2 Å². The first-order chi connectivity index (χ1) is 11.8. The molecule has 2 unspecified atom stereocenters. The van der Waals surface area contributed by atoms with E-state index >= 15 is 0 Å². The zero-order valence-electron chi connectivity index (χ0n) is 14.0. The Balaban J connectivity index is 2.02. The quantitative estimate of drug-likeness (QED) is 0.678. The predicted octanol–water partition coefficient (Wildman–Crippen LogP) is 0.788. The van der Waals surface area contributed by atoms with Crippen molar-refractivity contribution >= 4 is 39.9 Å². The van der Waals surface area contributed by atoms with Crippen LogP contribution in [0.2, 0.25) is 0 Å². The molecule has 0 aromatic heterocycles. The molecule has 2 N–H and O–H groups in total. The summed E-state index contributed by atoms with van der Waals surface area (Å²) in [6.45, 7) is 3.21. The number of nitrogens with one attached hydrogen (secondary N) is 2. The van der Waals surface area contributed by atoms with Crippen LogP contribution in [0.4, 0.5) is 0 Å². The van der Waals surface area contributed by atoms with Gasteiger partial charge in [-0.15, -0.1) is 0 Å². The molecular weight excluding hydrogens is 390 g/mol. The van der Waals surface area contributed by atoms with Gasteiger partial charge in [-0.1, -0.05) is 41.9 Å². The molecule has 1 fully saturated rings. The van der Waals surface area contributed by atoms with Crippen LogP contribution < -0.4 is 10.6 Å². The van der Waals surface area contributed by atoms with E-state index < -0.39 is 18.0 Å². The standard InChI is InChI=1S/C17H20BrN3O4/c1-10(2)16-17(25)21(8-15(24)20-16)7-14(23)19-13(9-22)11-3-5-12(18)6-4-11/h3-6,9-10,13,16H,7-8H2,1-2H3,(H,19,23)(H,20,24). The lowest BCUT2D eigenvalue weighted by Crippen LogP contribution is -2.61. The summed E-state index contributed by atoms with van der Waals surface area (Å²) in [6.07, 6.45) is 0.628. The average Bonchev–Trinajstić information content (AvgIpc) is 2.56. The predicted molar refractivity (Wildman–Crippen MR) is 94.4 cm³/mol. The van der Waals surface area contributed by atoms with Crippen molar-refractivity contribution in [2.45, 2.75) is 25.9 Å². The van der Waals surface area contributed by atoms with Crippen molar-refractivity contribution in [1.29, 1.82) is 0 Å². The van der Waals surface area contributed by atoms with Gasteiger partial charge in [-0.05, 0) is 23.6 Å². The third-order valence-electron chi connectivity index (χ3n) is 3.91. The molecule has 0 spiro atoms. The van der Waals surface area contributed by atoms with E-state index in [4.69, 9.17) is 0 Å². The Hall–Kier alpha value is -2.22. The number of aldehydes is 1. The van der Waals surface area contributed by atoms with Crippen molar-refractivity contribution < 1.29 is 19.2 Å². The molecule has 2 rings (SSSR count). The van der Waals surface area contributed by atoms with Gasteiger partial charge in [-0.2, -0.15) is 0 Å². The highest BCUT2D eigenvalue weighted by Crippen LogP contribution is 2.16. The third kappa shape index (κ3) is 4.88. The minimum absolute atomic E-state index is 0.0761. The SMILES string of the molecule is CC(C)C1NC(=O)CN(CC(=O)NC(C=O)c2ccc(Br)cc2)C1=O. The lowest BCUT2D eigenvalue weighted by atomic mass is 10.0. The Morgan fingerprint density at radius 2 is 2.00 bits per heavy atom. The van der Waals surface area contributed by atoms with Gasteiger partial charge in [0.1, 0.15) is 31.5 Å². The fourth-order valence-corrected chi connectivity index (χ4v) is 2.84. The van der Waals surface area contributed by atoms with Crippen molar-refractivity contribution in [1.82, 2.24) is 15.5 Å². The Bertz CT molecular complexity index is 675. The summed E-state index contributed by atoms with van der Waals surface area (Å²) in [7, 11) is 0. The molecule has 0 aliphatic carbocycles. The maximum absolute atomic E-state index is 12.4. The number of benzene rings is 1. The van der Waals surface area contributed by atoms with Crippen LogP contribution in [0.3, 0.4) is 0 Å².